The van der Waals surface area contributed by atoms with E-state index in [1.54, 1.807) is 0 Å². The molecule has 230 valence electrons. The number of nitrogens with two attached hydrogens (primary N) is 3. The van der Waals surface area contributed by atoms with Gasteiger partial charge in [0, 0.05) is 25.3 Å². The molecule has 0 radical (unpaired) electrons. The molecule has 0 bridgehead atoms. The molecule has 3 saturated carbocycles. The average Bonchev–Trinajstić information content (AvgIpc) is 3.38. The first kappa shape index (κ1) is 29.4. The maximum Gasteiger partial charge on any atom is 0.323 e. The summed E-state index contributed by atoms with van der Waals surface area (Å²) in [6.07, 6.45) is 14.0. The van der Waals surface area contributed by atoms with Gasteiger partial charge in [0.25, 0.3) is 0 Å². The Balaban J connectivity index is 1.10. The summed E-state index contributed by atoms with van der Waals surface area (Å²) in [6, 6.07) is -0.633. The third-order valence-electron chi connectivity index (χ3n) is 12.9. The Hall–Kier alpha value is -1.64. The van der Waals surface area contributed by atoms with E-state index in [9.17, 15) is 4.79 Å². The van der Waals surface area contributed by atoms with Crippen molar-refractivity contribution in [1.82, 2.24) is 0 Å². The van der Waals surface area contributed by atoms with Gasteiger partial charge in [-0.25, -0.2) is 0 Å². The highest BCUT2D eigenvalue weighted by Gasteiger charge is 2.68. The van der Waals surface area contributed by atoms with Crippen LogP contribution in [0.2, 0.25) is 0 Å². The van der Waals surface area contributed by atoms with Crippen LogP contribution in [0.5, 0.6) is 0 Å². The molecule has 6 N–H and O–H groups in total. The average molecular weight is 571 g/mol. The minimum Gasteiger partial charge on any atom is -0.461 e. The normalized spacial score (nSPS) is 47.4. The zero-order valence-corrected chi connectivity index (χ0v) is 25.8. The summed E-state index contributed by atoms with van der Waals surface area (Å²) < 4.78 is 19.4. The highest BCUT2D eigenvalue weighted by molar-refractivity contribution is 5.76. The quantitative estimate of drug-likeness (QED) is 0.139. The van der Waals surface area contributed by atoms with Gasteiger partial charge in [-0.1, -0.05) is 39.3 Å². The lowest BCUT2D eigenvalue weighted by atomic mass is 9.47. The number of nitrogens with zero attached hydrogens (tertiary/aromatic N) is 1. The molecule has 5 fully saturated rings. The standard InChI is InChI=1S/C33H54N4O4/c1-19-9-14-33(39-18-19)20(2)28-27(41-33)17-25-23-8-7-21-16-22(40-29(38)26(34)6-5-15-37-30(35)36)10-12-31(21,3)24(23)11-13-32(25,28)4/h7,19-20,22-28H,5-6,8-18,34H2,1-4H3,(H4,35,36,37)/t19-,20+,22+,23-,24+,25+,26+,27+,28+,31+,32+,33-/m1/s1. The number of esters is 1. The van der Waals surface area contributed by atoms with Gasteiger partial charge < -0.3 is 31.4 Å². The molecule has 4 aliphatic carbocycles. The van der Waals surface area contributed by atoms with E-state index in [0.717, 1.165) is 38.7 Å². The first-order valence-corrected chi connectivity index (χ1v) is 16.5. The lowest BCUT2D eigenvalue weighted by Crippen LogP contribution is -2.52. The molecular weight excluding hydrogens is 516 g/mol. The number of hydrogen-bond acceptors (Lipinski definition) is 6. The molecule has 6 rings (SSSR count). The molecule has 2 saturated heterocycles. The first-order valence-electron chi connectivity index (χ1n) is 16.5. The minimum atomic E-state index is -0.633. The van der Waals surface area contributed by atoms with Crippen LogP contribution >= 0.6 is 0 Å². The zero-order chi connectivity index (χ0) is 29.2. The van der Waals surface area contributed by atoms with Crippen LogP contribution in [0.15, 0.2) is 16.6 Å². The van der Waals surface area contributed by atoms with E-state index < -0.39 is 6.04 Å². The minimum absolute atomic E-state index is 0.0628. The third kappa shape index (κ3) is 4.94. The molecule has 2 aliphatic heterocycles. The van der Waals surface area contributed by atoms with Crippen LogP contribution in [-0.2, 0) is 19.0 Å². The molecule has 0 aromatic heterocycles. The Labute approximate surface area is 246 Å². The number of guanidine groups is 1. The SMILES string of the molecule is C[C@@H]1CC[C@@]2(OC1)O[C@H]1C[C@H]3[C@@H]4CC=C5C[C@@H](OC(=O)[C@@H](N)CCCN=C(N)N)CC[C@]5(C)[C@H]4CC[C@]3(C)[C@H]1[C@@H]2C. The molecule has 41 heavy (non-hydrogen) atoms. The summed E-state index contributed by atoms with van der Waals surface area (Å²) in [4.78, 5) is 16.7. The van der Waals surface area contributed by atoms with Crippen molar-refractivity contribution >= 4 is 11.9 Å². The Bertz CT molecular complexity index is 1070. The van der Waals surface area contributed by atoms with Crippen molar-refractivity contribution in [2.24, 2.45) is 68.5 Å². The molecule has 8 heteroatoms. The van der Waals surface area contributed by atoms with E-state index in [-0.39, 0.29) is 29.2 Å². The predicted molar refractivity (Wildman–Crippen MR) is 159 cm³/mol. The fraction of sp³-hybridized carbons (Fsp3) is 0.879. The van der Waals surface area contributed by atoms with Crippen LogP contribution < -0.4 is 17.2 Å². The molecule has 6 aliphatic rings. The second kappa shape index (κ2) is 10.8. The summed E-state index contributed by atoms with van der Waals surface area (Å²) in [6.45, 7) is 11.1. The van der Waals surface area contributed by atoms with E-state index in [4.69, 9.17) is 31.4 Å². The van der Waals surface area contributed by atoms with Crippen LogP contribution in [-0.4, -0.2) is 49.1 Å². The van der Waals surface area contributed by atoms with E-state index in [2.05, 4.69) is 38.8 Å². The number of carbonyl (C=O) groups excluding carboxylic acids is 1. The zero-order valence-electron chi connectivity index (χ0n) is 25.8. The van der Waals surface area contributed by atoms with Crippen molar-refractivity contribution in [2.75, 3.05) is 13.2 Å². The Morgan fingerprint density at radius 2 is 1.95 bits per heavy atom. The summed E-state index contributed by atoms with van der Waals surface area (Å²) in [5, 5.41) is 0. The molecule has 8 nitrogen and oxygen atoms in total. The molecule has 0 unspecified atom stereocenters. The number of hydrogen-bond donors (Lipinski definition) is 3. The van der Waals surface area contributed by atoms with Crippen LogP contribution in [0.4, 0.5) is 0 Å². The van der Waals surface area contributed by atoms with Crippen LogP contribution in [0.25, 0.3) is 0 Å². The van der Waals surface area contributed by atoms with Crippen molar-refractivity contribution < 1.29 is 19.0 Å². The largest absolute Gasteiger partial charge is 0.461 e. The number of allylic oxidation sites excluding steroid dienone is 1. The van der Waals surface area contributed by atoms with Crippen molar-refractivity contribution in [1.29, 1.82) is 0 Å². The van der Waals surface area contributed by atoms with Gasteiger partial charge in [-0.2, -0.15) is 0 Å². The Morgan fingerprint density at radius 1 is 1.15 bits per heavy atom. The molecule has 0 aromatic carbocycles. The van der Waals surface area contributed by atoms with E-state index in [1.165, 1.54) is 31.3 Å². The molecule has 12 atom stereocenters. The van der Waals surface area contributed by atoms with Crippen molar-refractivity contribution in [3.8, 4) is 0 Å². The molecule has 0 aromatic rings. The van der Waals surface area contributed by atoms with Gasteiger partial charge in [0.15, 0.2) is 11.7 Å². The maximum absolute atomic E-state index is 12.7. The van der Waals surface area contributed by atoms with Gasteiger partial charge in [-0.3, -0.25) is 9.79 Å². The van der Waals surface area contributed by atoms with Crippen LogP contribution in [0, 0.1) is 46.3 Å². The number of fused-ring (bicyclic) bond motifs is 7. The van der Waals surface area contributed by atoms with Gasteiger partial charge in [0.2, 0.25) is 0 Å². The van der Waals surface area contributed by atoms with Gasteiger partial charge in [-0.05, 0) is 98.2 Å². The predicted octanol–water partition coefficient (Wildman–Crippen LogP) is 4.65. The lowest BCUT2D eigenvalue weighted by Gasteiger charge is -2.58. The second-order valence-electron chi connectivity index (χ2n) is 15.1. The topological polar surface area (TPSA) is 135 Å². The summed E-state index contributed by atoms with van der Waals surface area (Å²) in [5.74, 6) is 3.23. The number of aliphatic imine (C=N–C) groups is 1. The van der Waals surface area contributed by atoms with Crippen LogP contribution in [0.1, 0.15) is 98.3 Å². The van der Waals surface area contributed by atoms with Gasteiger partial charge >= 0.3 is 5.97 Å². The maximum atomic E-state index is 12.7. The summed E-state index contributed by atoms with van der Waals surface area (Å²) >= 11 is 0. The van der Waals surface area contributed by atoms with E-state index in [0.29, 0.717) is 66.4 Å². The number of rotatable bonds is 6. The molecule has 1 spiro atoms. The molecular formula is C33H54N4O4. The van der Waals surface area contributed by atoms with Crippen molar-refractivity contribution in [3.05, 3.63) is 11.6 Å². The highest BCUT2D eigenvalue weighted by Crippen LogP contribution is 2.70. The summed E-state index contributed by atoms with van der Waals surface area (Å²) in [7, 11) is 0. The van der Waals surface area contributed by atoms with Crippen molar-refractivity contribution in [2.45, 2.75) is 122 Å². The Morgan fingerprint density at radius 3 is 2.68 bits per heavy atom. The van der Waals surface area contributed by atoms with E-state index in [1.807, 2.05) is 0 Å². The van der Waals surface area contributed by atoms with Gasteiger partial charge in [0.1, 0.15) is 12.1 Å². The molecule has 2 heterocycles. The van der Waals surface area contributed by atoms with Gasteiger partial charge in [0.05, 0.1) is 12.7 Å². The first-order chi connectivity index (χ1) is 19.5. The fourth-order valence-electron chi connectivity index (χ4n) is 10.6. The number of carbonyl (C=O) groups is 1. The lowest BCUT2D eigenvalue weighted by molar-refractivity contribution is -0.272. The van der Waals surface area contributed by atoms with Crippen molar-refractivity contribution in [3.63, 3.8) is 0 Å². The highest BCUT2D eigenvalue weighted by atomic mass is 16.7. The second-order valence-corrected chi connectivity index (χ2v) is 15.1. The summed E-state index contributed by atoms with van der Waals surface area (Å²) in [5.41, 5.74) is 18.9. The monoisotopic (exact) mass is 570 g/mol. The fourth-order valence-corrected chi connectivity index (χ4v) is 10.6. The third-order valence-corrected chi connectivity index (χ3v) is 12.9. The smallest absolute Gasteiger partial charge is 0.323 e. The van der Waals surface area contributed by atoms with Gasteiger partial charge in [-0.15, -0.1) is 0 Å². The Kier molecular flexibility index (Phi) is 7.76. The number of ether oxygens (including phenoxy) is 3. The molecule has 0 amide bonds. The van der Waals surface area contributed by atoms with E-state index >= 15 is 0 Å². The van der Waals surface area contributed by atoms with Crippen LogP contribution in [0.3, 0.4) is 0 Å².